The Morgan fingerprint density at radius 1 is 1.44 bits per heavy atom. The van der Waals surface area contributed by atoms with Crippen LogP contribution in [0, 0.1) is 5.41 Å². The van der Waals surface area contributed by atoms with Crippen LogP contribution < -0.4 is 10.6 Å². The minimum Gasteiger partial charge on any atom is -0.395 e. The lowest BCUT2D eigenvalue weighted by Crippen LogP contribution is -2.30. The summed E-state index contributed by atoms with van der Waals surface area (Å²) in [5, 5.41) is 17.2. The van der Waals surface area contributed by atoms with E-state index in [0.29, 0.717) is 17.1 Å². The van der Waals surface area contributed by atoms with Gasteiger partial charge in [0, 0.05) is 18.8 Å². The number of benzene rings is 1. The third-order valence-electron chi connectivity index (χ3n) is 2.75. The molecule has 0 aliphatic heterocycles. The molecular formula is C13H20ClN3O. The second-order valence-electron chi connectivity index (χ2n) is 4.11. The summed E-state index contributed by atoms with van der Waals surface area (Å²) in [7, 11) is 0. The number of aliphatic hydroxyl groups is 1. The molecule has 0 saturated carbocycles. The minimum atomic E-state index is -0.0463. The maximum atomic E-state index is 9.14. The highest BCUT2D eigenvalue weighted by molar-refractivity contribution is 6.34. The Hall–Kier alpha value is -1.26. The van der Waals surface area contributed by atoms with Crippen LogP contribution in [-0.4, -0.2) is 30.6 Å². The van der Waals surface area contributed by atoms with Gasteiger partial charge in [-0.15, -0.1) is 0 Å². The molecule has 0 radical (unpaired) electrons. The summed E-state index contributed by atoms with van der Waals surface area (Å²) in [6, 6.07) is 5.44. The summed E-state index contributed by atoms with van der Waals surface area (Å²) in [6.07, 6.45) is 2.09. The highest BCUT2D eigenvalue weighted by atomic mass is 35.5. The summed E-state index contributed by atoms with van der Waals surface area (Å²) < 4.78 is 0. The van der Waals surface area contributed by atoms with E-state index in [1.165, 1.54) is 0 Å². The van der Waals surface area contributed by atoms with Crippen molar-refractivity contribution in [3.63, 3.8) is 0 Å². The average Bonchev–Trinajstić information content (AvgIpc) is 2.33. The first-order valence-electron chi connectivity index (χ1n) is 6.10. The SMILES string of the molecule is CCCCN(CCO)c1cccc(Cl)c1C(=N)N. The van der Waals surface area contributed by atoms with E-state index in [0.717, 1.165) is 25.1 Å². The molecule has 0 bridgehead atoms. The van der Waals surface area contributed by atoms with E-state index >= 15 is 0 Å². The van der Waals surface area contributed by atoms with Gasteiger partial charge in [0.05, 0.1) is 17.2 Å². The lowest BCUT2D eigenvalue weighted by Gasteiger charge is -2.26. The predicted molar refractivity (Wildman–Crippen MR) is 76.7 cm³/mol. The monoisotopic (exact) mass is 269 g/mol. The highest BCUT2D eigenvalue weighted by Crippen LogP contribution is 2.27. The summed E-state index contributed by atoms with van der Waals surface area (Å²) in [4.78, 5) is 2.02. The standard InChI is InChI=1S/C13H20ClN3O/c1-2-3-7-17(8-9-18)11-6-4-5-10(14)12(11)13(15)16/h4-6,18H,2-3,7-9H2,1H3,(H3,15,16). The van der Waals surface area contributed by atoms with Crippen molar-refractivity contribution in [2.75, 3.05) is 24.6 Å². The van der Waals surface area contributed by atoms with E-state index in [9.17, 15) is 0 Å². The Morgan fingerprint density at radius 3 is 2.72 bits per heavy atom. The number of hydrogen-bond acceptors (Lipinski definition) is 3. The first-order valence-corrected chi connectivity index (χ1v) is 6.48. The van der Waals surface area contributed by atoms with E-state index in [-0.39, 0.29) is 12.4 Å². The van der Waals surface area contributed by atoms with Crippen LogP contribution in [0.1, 0.15) is 25.3 Å². The molecule has 0 spiro atoms. The van der Waals surface area contributed by atoms with E-state index in [1.54, 1.807) is 6.07 Å². The van der Waals surface area contributed by atoms with Crippen molar-refractivity contribution in [3.05, 3.63) is 28.8 Å². The number of aliphatic hydroxyl groups excluding tert-OH is 1. The number of hydrogen-bond donors (Lipinski definition) is 3. The van der Waals surface area contributed by atoms with Crippen LogP contribution in [0.3, 0.4) is 0 Å². The van der Waals surface area contributed by atoms with Gasteiger partial charge >= 0.3 is 0 Å². The molecule has 0 unspecified atom stereocenters. The molecule has 1 aromatic rings. The van der Waals surface area contributed by atoms with Crippen LogP contribution in [0.15, 0.2) is 18.2 Å². The Kier molecular flexibility index (Phi) is 5.95. The highest BCUT2D eigenvalue weighted by Gasteiger charge is 2.15. The fraction of sp³-hybridized carbons (Fsp3) is 0.462. The lowest BCUT2D eigenvalue weighted by molar-refractivity contribution is 0.301. The number of halogens is 1. The largest absolute Gasteiger partial charge is 0.395 e. The maximum Gasteiger partial charge on any atom is 0.126 e. The molecule has 0 fully saturated rings. The third-order valence-corrected chi connectivity index (χ3v) is 3.07. The number of nitrogen functional groups attached to an aromatic ring is 1. The maximum absolute atomic E-state index is 9.14. The van der Waals surface area contributed by atoms with Crippen LogP contribution in [0.25, 0.3) is 0 Å². The summed E-state index contributed by atoms with van der Waals surface area (Å²) in [5.41, 5.74) is 6.95. The lowest BCUT2D eigenvalue weighted by atomic mass is 10.1. The number of nitrogens with one attached hydrogen (secondary N) is 1. The predicted octanol–water partition coefficient (Wildman–Crippen LogP) is 2.22. The molecule has 100 valence electrons. The molecule has 1 rings (SSSR count). The van der Waals surface area contributed by atoms with Crippen LogP contribution in [0.4, 0.5) is 5.69 Å². The molecule has 0 atom stereocenters. The number of anilines is 1. The van der Waals surface area contributed by atoms with Gasteiger partial charge in [0.2, 0.25) is 0 Å². The van der Waals surface area contributed by atoms with Crippen molar-refractivity contribution in [1.82, 2.24) is 0 Å². The van der Waals surface area contributed by atoms with Gasteiger partial charge in [0.1, 0.15) is 5.84 Å². The van der Waals surface area contributed by atoms with Gasteiger partial charge in [-0.25, -0.2) is 0 Å². The van der Waals surface area contributed by atoms with Gasteiger partial charge in [-0.2, -0.15) is 0 Å². The summed E-state index contributed by atoms with van der Waals surface area (Å²) in [6.45, 7) is 3.51. The topological polar surface area (TPSA) is 73.3 Å². The van der Waals surface area contributed by atoms with E-state index in [4.69, 9.17) is 27.9 Å². The molecule has 0 amide bonds. The number of nitrogens with zero attached hydrogens (tertiary/aromatic N) is 1. The summed E-state index contributed by atoms with van der Waals surface area (Å²) >= 11 is 6.09. The molecule has 0 saturated heterocycles. The molecule has 0 aliphatic carbocycles. The Morgan fingerprint density at radius 2 is 2.17 bits per heavy atom. The first kappa shape index (κ1) is 14.8. The van der Waals surface area contributed by atoms with E-state index in [1.807, 2.05) is 17.0 Å². The van der Waals surface area contributed by atoms with Gasteiger partial charge < -0.3 is 15.7 Å². The van der Waals surface area contributed by atoms with Crippen molar-refractivity contribution in [2.45, 2.75) is 19.8 Å². The first-order chi connectivity index (χ1) is 8.61. The molecule has 0 aromatic heterocycles. The molecule has 0 aliphatic rings. The number of rotatable bonds is 7. The minimum absolute atomic E-state index is 0.0463. The third kappa shape index (κ3) is 3.62. The zero-order valence-electron chi connectivity index (χ0n) is 10.6. The van der Waals surface area contributed by atoms with E-state index in [2.05, 4.69) is 6.92 Å². The molecule has 1 aromatic carbocycles. The Bertz CT molecular complexity index is 409. The molecule has 4 nitrogen and oxygen atoms in total. The number of amidine groups is 1. The van der Waals surface area contributed by atoms with E-state index < -0.39 is 0 Å². The summed E-state index contributed by atoms with van der Waals surface area (Å²) in [5.74, 6) is -0.0463. The van der Waals surface area contributed by atoms with Crippen molar-refractivity contribution in [1.29, 1.82) is 5.41 Å². The van der Waals surface area contributed by atoms with Gasteiger partial charge in [-0.05, 0) is 18.6 Å². The van der Waals surface area contributed by atoms with Crippen molar-refractivity contribution >= 4 is 23.1 Å². The number of unbranched alkanes of at least 4 members (excludes halogenated alkanes) is 1. The molecule has 18 heavy (non-hydrogen) atoms. The van der Waals surface area contributed by atoms with Gasteiger partial charge in [0.15, 0.2) is 0 Å². The van der Waals surface area contributed by atoms with Crippen molar-refractivity contribution in [3.8, 4) is 0 Å². The second-order valence-corrected chi connectivity index (χ2v) is 4.52. The fourth-order valence-electron chi connectivity index (χ4n) is 1.87. The van der Waals surface area contributed by atoms with Crippen molar-refractivity contribution < 1.29 is 5.11 Å². The average molecular weight is 270 g/mol. The fourth-order valence-corrected chi connectivity index (χ4v) is 2.14. The van der Waals surface area contributed by atoms with Crippen LogP contribution in [0.5, 0.6) is 0 Å². The molecular weight excluding hydrogens is 250 g/mol. The Balaban J connectivity index is 3.10. The normalized spacial score (nSPS) is 10.4. The van der Waals surface area contributed by atoms with Crippen LogP contribution in [-0.2, 0) is 0 Å². The smallest absolute Gasteiger partial charge is 0.126 e. The van der Waals surface area contributed by atoms with Crippen LogP contribution in [0.2, 0.25) is 5.02 Å². The van der Waals surface area contributed by atoms with Gasteiger partial charge in [-0.1, -0.05) is 31.0 Å². The van der Waals surface area contributed by atoms with Gasteiger partial charge in [-0.3, -0.25) is 5.41 Å². The second kappa shape index (κ2) is 7.24. The Labute approximate surface area is 113 Å². The van der Waals surface area contributed by atoms with Crippen molar-refractivity contribution in [2.24, 2.45) is 5.73 Å². The quantitative estimate of drug-likeness (QED) is 0.525. The zero-order chi connectivity index (χ0) is 13.5. The van der Waals surface area contributed by atoms with Crippen LogP contribution >= 0.6 is 11.6 Å². The van der Waals surface area contributed by atoms with Gasteiger partial charge in [0.25, 0.3) is 0 Å². The zero-order valence-corrected chi connectivity index (χ0v) is 11.4. The molecule has 0 heterocycles. The molecule has 5 heteroatoms. The number of nitrogens with two attached hydrogens (primary N) is 1. The molecule has 4 N–H and O–H groups in total.